The average Bonchev–Trinajstić information content (AvgIpc) is 2.64. The van der Waals surface area contributed by atoms with Crippen LogP contribution in [0.25, 0.3) is 0 Å². The van der Waals surface area contributed by atoms with Crippen LogP contribution in [-0.2, 0) is 23.2 Å². The first kappa shape index (κ1) is 17.6. The van der Waals surface area contributed by atoms with Gasteiger partial charge < -0.3 is 9.84 Å². The van der Waals surface area contributed by atoms with E-state index in [0.29, 0.717) is 18.4 Å². The average molecular weight is 351 g/mol. The van der Waals surface area contributed by atoms with Gasteiger partial charge in [-0.05, 0) is 60.9 Å². The normalized spacial score (nSPS) is 26.3. The van der Waals surface area contributed by atoms with E-state index < -0.39 is 0 Å². The molecule has 2 aromatic carbocycles. The van der Waals surface area contributed by atoms with Gasteiger partial charge in [-0.3, -0.25) is 4.90 Å². The van der Waals surface area contributed by atoms with E-state index in [1.54, 1.807) is 0 Å². The number of aromatic hydroxyl groups is 1. The molecular weight excluding hydrogens is 322 g/mol. The molecule has 3 nitrogen and oxygen atoms in total. The van der Waals surface area contributed by atoms with Crippen LogP contribution in [0.5, 0.6) is 5.75 Å². The van der Waals surface area contributed by atoms with Gasteiger partial charge in [-0.2, -0.15) is 0 Å². The number of ether oxygens (including phenoxy) is 1. The number of likely N-dealkylation sites (tertiary alicyclic amines) is 1. The first-order chi connectivity index (χ1) is 12.5. The third kappa shape index (κ3) is 3.38. The predicted octanol–water partition coefficient (Wildman–Crippen LogP) is 4.28. The fourth-order valence-electron chi connectivity index (χ4n) is 4.80. The minimum Gasteiger partial charge on any atom is -0.508 e. The van der Waals surface area contributed by atoms with Crippen molar-refractivity contribution in [3.63, 3.8) is 0 Å². The van der Waals surface area contributed by atoms with Gasteiger partial charge in [-0.25, -0.2) is 0 Å². The molecule has 1 fully saturated rings. The summed E-state index contributed by atoms with van der Waals surface area (Å²) < 4.78 is 6.10. The Morgan fingerprint density at radius 2 is 2.00 bits per heavy atom. The fraction of sp³-hybridized carbons (Fsp3) is 0.478. The summed E-state index contributed by atoms with van der Waals surface area (Å²) >= 11 is 0. The van der Waals surface area contributed by atoms with Crippen LogP contribution in [0, 0.1) is 0 Å². The summed E-state index contributed by atoms with van der Waals surface area (Å²) in [5.41, 5.74) is 3.94. The minimum absolute atomic E-state index is 0.196. The van der Waals surface area contributed by atoms with Crippen molar-refractivity contribution in [1.29, 1.82) is 0 Å². The largest absolute Gasteiger partial charge is 0.508 e. The molecule has 1 saturated heterocycles. The van der Waals surface area contributed by atoms with E-state index in [4.69, 9.17) is 4.74 Å². The van der Waals surface area contributed by atoms with Crippen molar-refractivity contribution in [2.75, 3.05) is 13.1 Å². The van der Waals surface area contributed by atoms with E-state index in [0.717, 1.165) is 31.5 Å². The van der Waals surface area contributed by atoms with Gasteiger partial charge in [-0.15, -0.1) is 0 Å². The van der Waals surface area contributed by atoms with Crippen molar-refractivity contribution >= 4 is 0 Å². The molecule has 1 heterocycles. The fourth-order valence-corrected chi connectivity index (χ4v) is 4.80. The molecule has 0 unspecified atom stereocenters. The van der Waals surface area contributed by atoms with Gasteiger partial charge in [0.05, 0.1) is 12.7 Å². The highest BCUT2D eigenvalue weighted by atomic mass is 16.5. The van der Waals surface area contributed by atoms with Gasteiger partial charge in [0, 0.05) is 12.6 Å². The van der Waals surface area contributed by atoms with Crippen LogP contribution < -0.4 is 0 Å². The summed E-state index contributed by atoms with van der Waals surface area (Å²) in [7, 11) is 0. The van der Waals surface area contributed by atoms with Crippen molar-refractivity contribution in [2.45, 2.75) is 57.3 Å². The molecule has 0 spiro atoms. The second-order valence-corrected chi connectivity index (χ2v) is 8.28. The first-order valence-corrected chi connectivity index (χ1v) is 9.76. The first-order valence-electron chi connectivity index (χ1n) is 9.76. The zero-order valence-electron chi connectivity index (χ0n) is 15.8. The Kier molecular flexibility index (Phi) is 4.76. The number of hydrogen-bond donors (Lipinski definition) is 1. The number of hydrogen-bond acceptors (Lipinski definition) is 3. The maximum atomic E-state index is 10.4. The van der Waals surface area contributed by atoms with Crippen LogP contribution in [-0.4, -0.2) is 35.2 Å². The Bertz CT molecular complexity index is 760. The summed E-state index contributed by atoms with van der Waals surface area (Å²) in [5, 5.41) is 10.4. The number of phenols is 1. The van der Waals surface area contributed by atoms with Gasteiger partial charge in [0.1, 0.15) is 5.75 Å². The van der Waals surface area contributed by atoms with Crippen molar-refractivity contribution in [3.8, 4) is 5.75 Å². The second-order valence-electron chi connectivity index (χ2n) is 8.28. The third-order valence-electron chi connectivity index (χ3n) is 6.26. The maximum absolute atomic E-state index is 10.4. The highest BCUT2D eigenvalue weighted by Crippen LogP contribution is 2.46. The number of fused-ring (bicyclic) bond motifs is 4. The zero-order chi connectivity index (χ0) is 18.1. The molecule has 2 aliphatic rings. The Morgan fingerprint density at radius 1 is 1.19 bits per heavy atom. The SMILES string of the molecule is C[C@@H](CN1CC[C@]2(C)C[C@H]1Cc1c(O)cccc12)OCc1ccccc1. The predicted molar refractivity (Wildman–Crippen MR) is 104 cm³/mol. The van der Waals surface area contributed by atoms with Gasteiger partial charge in [0.25, 0.3) is 0 Å². The molecule has 26 heavy (non-hydrogen) atoms. The number of nitrogens with zero attached hydrogens (tertiary/aromatic N) is 1. The lowest BCUT2D eigenvalue weighted by molar-refractivity contribution is -0.00379. The topological polar surface area (TPSA) is 32.7 Å². The quantitative estimate of drug-likeness (QED) is 0.873. The highest BCUT2D eigenvalue weighted by molar-refractivity contribution is 5.46. The Morgan fingerprint density at radius 3 is 2.81 bits per heavy atom. The zero-order valence-corrected chi connectivity index (χ0v) is 15.8. The van der Waals surface area contributed by atoms with Crippen LogP contribution in [0.2, 0.25) is 0 Å². The van der Waals surface area contributed by atoms with Gasteiger partial charge in [-0.1, -0.05) is 49.4 Å². The molecular formula is C23H29NO2. The molecule has 0 aromatic heterocycles. The molecule has 2 bridgehead atoms. The summed E-state index contributed by atoms with van der Waals surface area (Å²) in [6.45, 7) is 7.27. The number of benzene rings is 2. The van der Waals surface area contributed by atoms with Crippen molar-refractivity contribution in [2.24, 2.45) is 0 Å². The maximum Gasteiger partial charge on any atom is 0.119 e. The van der Waals surface area contributed by atoms with Gasteiger partial charge >= 0.3 is 0 Å². The standard InChI is InChI=1S/C23H29NO2/c1-17(26-16-18-7-4-3-5-8-18)15-24-12-11-23(2)14-19(24)13-20-21(23)9-6-10-22(20)25/h3-10,17,19,25H,11-16H2,1-2H3/t17-,19+,23+/m0/s1. The van der Waals surface area contributed by atoms with Gasteiger partial charge in [0.2, 0.25) is 0 Å². The Hall–Kier alpha value is -1.84. The molecule has 1 aliphatic carbocycles. The molecule has 1 aliphatic heterocycles. The Labute approximate surface area is 156 Å². The van der Waals surface area contributed by atoms with Crippen molar-refractivity contribution < 1.29 is 9.84 Å². The number of piperidine rings is 1. The molecule has 0 amide bonds. The summed E-state index contributed by atoms with van der Waals surface area (Å²) in [5.74, 6) is 0.466. The molecule has 3 heteroatoms. The lowest BCUT2D eigenvalue weighted by atomic mass is 9.65. The Balaban J connectivity index is 1.41. The lowest BCUT2D eigenvalue weighted by Crippen LogP contribution is -2.53. The van der Waals surface area contributed by atoms with E-state index in [-0.39, 0.29) is 11.5 Å². The highest BCUT2D eigenvalue weighted by Gasteiger charge is 2.43. The van der Waals surface area contributed by atoms with Crippen LogP contribution in [0.3, 0.4) is 0 Å². The molecule has 0 saturated carbocycles. The molecule has 4 rings (SSSR count). The molecule has 1 N–H and O–H groups in total. The van der Waals surface area contributed by atoms with E-state index >= 15 is 0 Å². The monoisotopic (exact) mass is 351 g/mol. The molecule has 3 atom stereocenters. The second kappa shape index (κ2) is 7.05. The molecule has 138 valence electrons. The van der Waals surface area contributed by atoms with Gasteiger partial charge in [0.15, 0.2) is 0 Å². The minimum atomic E-state index is 0.196. The van der Waals surface area contributed by atoms with E-state index in [1.165, 1.54) is 17.5 Å². The third-order valence-corrected chi connectivity index (χ3v) is 6.26. The van der Waals surface area contributed by atoms with E-state index in [9.17, 15) is 5.11 Å². The lowest BCUT2D eigenvalue weighted by Gasteiger charge is -2.50. The number of rotatable bonds is 5. The van der Waals surface area contributed by atoms with Crippen molar-refractivity contribution in [3.05, 3.63) is 65.2 Å². The molecule has 0 radical (unpaired) electrons. The summed E-state index contributed by atoms with van der Waals surface area (Å²) in [6, 6.07) is 16.9. The van der Waals surface area contributed by atoms with Crippen LogP contribution in [0.4, 0.5) is 0 Å². The van der Waals surface area contributed by atoms with Crippen LogP contribution in [0.1, 0.15) is 43.4 Å². The summed E-state index contributed by atoms with van der Waals surface area (Å²) in [4.78, 5) is 2.58. The van der Waals surface area contributed by atoms with Crippen molar-refractivity contribution in [1.82, 2.24) is 4.90 Å². The molecule has 2 aromatic rings. The van der Waals surface area contributed by atoms with Crippen LogP contribution >= 0.6 is 0 Å². The van der Waals surface area contributed by atoms with E-state index in [2.05, 4.69) is 49.1 Å². The van der Waals surface area contributed by atoms with Crippen LogP contribution in [0.15, 0.2) is 48.5 Å². The smallest absolute Gasteiger partial charge is 0.119 e. The van der Waals surface area contributed by atoms with E-state index in [1.807, 2.05) is 18.2 Å². The number of phenolic OH excluding ortho intramolecular Hbond substituents is 1. The summed E-state index contributed by atoms with van der Waals surface area (Å²) in [6.07, 6.45) is 3.47.